The molecular formula is C13H14ClN3O. The summed E-state index contributed by atoms with van der Waals surface area (Å²) in [5.41, 5.74) is 1.43. The summed E-state index contributed by atoms with van der Waals surface area (Å²) in [7, 11) is 0. The van der Waals surface area contributed by atoms with Gasteiger partial charge < -0.3 is 5.32 Å². The van der Waals surface area contributed by atoms with E-state index in [4.69, 9.17) is 11.6 Å². The van der Waals surface area contributed by atoms with E-state index in [0.29, 0.717) is 5.69 Å². The Bertz CT molecular complexity index is 524. The number of carbonyl (C=O) groups excluding carboxylic acids is 1. The van der Waals surface area contributed by atoms with E-state index < -0.39 is 5.38 Å². The molecule has 0 saturated heterocycles. The van der Waals surface area contributed by atoms with Crippen LogP contribution in [0, 0.1) is 0 Å². The third-order valence-electron chi connectivity index (χ3n) is 2.55. The Balaban J connectivity index is 2.04. The van der Waals surface area contributed by atoms with Gasteiger partial charge in [-0.05, 0) is 12.5 Å². The lowest BCUT2D eigenvalue weighted by atomic mass is 10.1. The molecule has 18 heavy (non-hydrogen) atoms. The molecule has 94 valence electrons. The third-order valence-corrected chi connectivity index (χ3v) is 3.00. The average molecular weight is 264 g/mol. The van der Waals surface area contributed by atoms with Crippen molar-refractivity contribution in [2.45, 2.75) is 18.8 Å². The molecule has 5 heteroatoms. The summed E-state index contributed by atoms with van der Waals surface area (Å²) < 4.78 is 1.74. The maximum atomic E-state index is 11.9. The quantitative estimate of drug-likeness (QED) is 0.863. The first-order chi connectivity index (χ1) is 8.70. The van der Waals surface area contributed by atoms with Crippen LogP contribution in [0.4, 0.5) is 5.69 Å². The SMILES string of the molecule is CCn1cc(NC(=O)C(Cl)c2ccccc2)cn1. The van der Waals surface area contributed by atoms with Crippen LogP contribution >= 0.6 is 11.6 Å². The van der Waals surface area contributed by atoms with Gasteiger partial charge in [0, 0.05) is 12.7 Å². The van der Waals surface area contributed by atoms with Gasteiger partial charge in [0.15, 0.2) is 0 Å². The van der Waals surface area contributed by atoms with Gasteiger partial charge in [0.05, 0.1) is 11.9 Å². The zero-order chi connectivity index (χ0) is 13.0. The number of rotatable bonds is 4. The normalized spacial score (nSPS) is 12.1. The number of carbonyl (C=O) groups is 1. The van der Waals surface area contributed by atoms with Crippen molar-refractivity contribution in [3.63, 3.8) is 0 Å². The maximum Gasteiger partial charge on any atom is 0.247 e. The molecule has 0 aliphatic carbocycles. The van der Waals surface area contributed by atoms with Gasteiger partial charge in [-0.15, -0.1) is 11.6 Å². The Kier molecular flexibility index (Phi) is 3.99. The Morgan fingerprint density at radius 3 is 2.78 bits per heavy atom. The summed E-state index contributed by atoms with van der Waals surface area (Å²) in [6, 6.07) is 9.25. The highest BCUT2D eigenvalue weighted by Gasteiger charge is 2.17. The van der Waals surface area contributed by atoms with Crippen LogP contribution in [0.25, 0.3) is 0 Å². The molecule has 1 unspecified atom stereocenters. The van der Waals surface area contributed by atoms with Crippen molar-refractivity contribution >= 4 is 23.2 Å². The molecule has 0 saturated carbocycles. The molecule has 0 aliphatic rings. The summed E-state index contributed by atoms with van der Waals surface area (Å²) in [4.78, 5) is 11.9. The predicted octanol–water partition coefficient (Wildman–Crippen LogP) is 2.82. The maximum absolute atomic E-state index is 11.9. The Morgan fingerprint density at radius 2 is 2.17 bits per heavy atom. The minimum Gasteiger partial charge on any atom is -0.322 e. The van der Waals surface area contributed by atoms with E-state index >= 15 is 0 Å². The molecule has 0 fully saturated rings. The Hall–Kier alpha value is -1.81. The summed E-state index contributed by atoms with van der Waals surface area (Å²) in [5.74, 6) is -0.251. The number of aryl methyl sites for hydroxylation is 1. The van der Waals surface area contributed by atoms with Crippen molar-refractivity contribution in [3.05, 3.63) is 48.3 Å². The first-order valence-electron chi connectivity index (χ1n) is 5.73. The lowest BCUT2D eigenvalue weighted by Gasteiger charge is -2.09. The van der Waals surface area contributed by atoms with Crippen LogP contribution in [0.5, 0.6) is 0 Å². The molecule has 1 heterocycles. The predicted molar refractivity (Wildman–Crippen MR) is 71.6 cm³/mol. The molecule has 0 bridgehead atoms. The van der Waals surface area contributed by atoms with Crippen LogP contribution < -0.4 is 5.32 Å². The molecule has 0 aliphatic heterocycles. The van der Waals surface area contributed by atoms with Crippen LogP contribution in [0.3, 0.4) is 0 Å². The molecule has 1 aromatic carbocycles. The van der Waals surface area contributed by atoms with Crippen molar-refractivity contribution < 1.29 is 4.79 Å². The van der Waals surface area contributed by atoms with Crippen molar-refractivity contribution in [1.29, 1.82) is 0 Å². The van der Waals surface area contributed by atoms with E-state index in [2.05, 4.69) is 10.4 Å². The van der Waals surface area contributed by atoms with Crippen molar-refractivity contribution in [2.75, 3.05) is 5.32 Å². The molecule has 1 amide bonds. The van der Waals surface area contributed by atoms with Gasteiger partial charge in [-0.1, -0.05) is 30.3 Å². The molecule has 2 rings (SSSR count). The summed E-state index contributed by atoms with van der Waals surface area (Å²) >= 11 is 6.11. The molecular weight excluding hydrogens is 250 g/mol. The Labute approximate surface area is 111 Å². The fourth-order valence-corrected chi connectivity index (χ4v) is 1.78. The number of nitrogens with zero attached hydrogens (tertiary/aromatic N) is 2. The molecule has 1 N–H and O–H groups in total. The molecule has 0 radical (unpaired) electrons. The van der Waals surface area contributed by atoms with E-state index in [9.17, 15) is 4.79 Å². The largest absolute Gasteiger partial charge is 0.322 e. The van der Waals surface area contributed by atoms with Crippen molar-refractivity contribution in [3.8, 4) is 0 Å². The van der Waals surface area contributed by atoms with Gasteiger partial charge in [0.1, 0.15) is 5.38 Å². The number of alkyl halides is 1. The zero-order valence-electron chi connectivity index (χ0n) is 10.0. The van der Waals surface area contributed by atoms with Gasteiger partial charge in [-0.2, -0.15) is 5.10 Å². The van der Waals surface area contributed by atoms with Crippen LogP contribution in [-0.2, 0) is 11.3 Å². The smallest absolute Gasteiger partial charge is 0.247 e. The molecule has 1 atom stereocenters. The second kappa shape index (κ2) is 5.69. The number of anilines is 1. The molecule has 0 spiro atoms. The van der Waals surface area contributed by atoms with Crippen LogP contribution in [0.15, 0.2) is 42.7 Å². The first-order valence-corrected chi connectivity index (χ1v) is 6.16. The van der Waals surface area contributed by atoms with E-state index in [1.165, 1.54) is 0 Å². The topological polar surface area (TPSA) is 46.9 Å². The number of hydrogen-bond acceptors (Lipinski definition) is 2. The highest BCUT2D eigenvalue weighted by molar-refractivity contribution is 6.32. The van der Waals surface area contributed by atoms with Gasteiger partial charge in [-0.3, -0.25) is 9.48 Å². The summed E-state index contributed by atoms with van der Waals surface area (Å²) in [6.45, 7) is 2.74. The van der Waals surface area contributed by atoms with Crippen molar-refractivity contribution in [2.24, 2.45) is 0 Å². The van der Waals surface area contributed by atoms with Crippen molar-refractivity contribution in [1.82, 2.24) is 9.78 Å². The zero-order valence-corrected chi connectivity index (χ0v) is 10.8. The summed E-state index contributed by atoms with van der Waals surface area (Å²) in [5, 5.41) is 6.12. The molecule has 1 aromatic heterocycles. The average Bonchev–Trinajstić information content (AvgIpc) is 2.86. The van der Waals surface area contributed by atoms with Gasteiger partial charge in [-0.25, -0.2) is 0 Å². The first kappa shape index (κ1) is 12.6. The second-order valence-corrected chi connectivity index (χ2v) is 4.28. The van der Waals surface area contributed by atoms with E-state index in [1.54, 1.807) is 17.1 Å². The minimum absolute atomic E-state index is 0.251. The highest BCUT2D eigenvalue weighted by atomic mass is 35.5. The summed E-state index contributed by atoms with van der Waals surface area (Å²) in [6.07, 6.45) is 3.38. The number of benzene rings is 1. The van der Waals surface area contributed by atoms with E-state index in [0.717, 1.165) is 12.1 Å². The lowest BCUT2D eigenvalue weighted by Crippen LogP contribution is -2.16. The fourth-order valence-electron chi connectivity index (χ4n) is 1.58. The van der Waals surface area contributed by atoms with Crippen LogP contribution in [0.2, 0.25) is 0 Å². The molecule has 4 nitrogen and oxygen atoms in total. The number of hydrogen-bond donors (Lipinski definition) is 1. The van der Waals surface area contributed by atoms with Gasteiger partial charge in [0.2, 0.25) is 5.91 Å². The van der Waals surface area contributed by atoms with Crippen LogP contribution in [-0.4, -0.2) is 15.7 Å². The van der Waals surface area contributed by atoms with Gasteiger partial charge >= 0.3 is 0 Å². The third kappa shape index (κ3) is 2.90. The lowest BCUT2D eigenvalue weighted by molar-refractivity contribution is -0.116. The monoisotopic (exact) mass is 263 g/mol. The van der Waals surface area contributed by atoms with Gasteiger partial charge in [0.25, 0.3) is 0 Å². The Morgan fingerprint density at radius 1 is 1.44 bits per heavy atom. The van der Waals surface area contributed by atoms with E-state index in [1.807, 2.05) is 37.3 Å². The fraction of sp³-hybridized carbons (Fsp3) is 0.231. The standard InChI is InChI=1S/C13H14ClN3O/c1-2-17-9-11(8-15-17)16-13(18)12(14)10-6-4-3-5-7-10/h3-9,12H,2H2,1H3,(H,16,18). The highest BCUT2D eigenvalue weighted by Crippen LogP contribution is 2.21. The second-order valence-electron chi connectivity index (χ2n) is 3.85. The minimum atomic E-state index is -0.698. The molecule has 2 aromatic rings. The van der Waals surface area contributed by atoms with Crippen LogP contribution in [0.1, 0.15) is 17.9 Å². The number of halogens is 1. The van der Waals surface area contributed by atoms with E-state index in [-0.39, 0.29) is 5.91 Å². The number of aromatic nitrogens is 2. The number of amides is 1. The number of nitrogens with one attached hydrogen (secondary N) is 1.